The van der Waals surface area contributed by atoms with E-state index in [1.54, 1.807) is 0 Å². The zero-order valence-electron chi connectivity index (χ0n) is 14.0. The monoisotopic (exact) mass is 355 g/mol. The van der Waals surface area contributed by atoms with E-state index in [0.29, 0.717) is 0 Å². The van der Waals surface area contributed by atoms with E-state index in [9.17, 15) is 14.9 Å². The molecule has 0 radical (unpaired) electrons. The molecule has 0 aromatic carbocycles. The van der Waals surface area contributed by atoms with Gasteiger partial charge in [-0.1, -0.05) is 0 Å². The molecule has 1 aromatic rings. The second-order valence-electron chi connectivity index (χ2n) is 5.32. The van der Waals surface area contributed by atoms with Gasteiger partial charge in [0.25, 0.3) is 11.9 Å². The molecule has 0 atom stereocenters. The van der Waals surface area contributed by atoms with Gasteiger partial charge >= 0.3 is 5.88 Å². The van der Waals surface area contributed by atoms with Gasteiger partial charge in [-0.15, -0.1) is 0 Å². The molecule has 2 rings (SSSR count). The largest absolute Gasteiger partial charge is 0.481 e. The average Bonchev–Trinajstić information content (AvgIpc) is 2.98. The fraction of sp³-hybridized carbons (Fsp3) is 0.500. The van der Waals surface area contributed by atoms with Crippen molar-refractivity contribution in [3.63, 3.8) is 0 Å². The maximum Gasteiger partial charge on any atom is 0.433 e. The van der Waals surface area contributed by atoms with Gasteiger partial charge in [0.05, 0.1) is 18.8 Å². The molecule has 0 spiro atoms. The van der Waals surface area contributed by atoms with Crippen LogP contribution in [0.4, 0.5) is 5.88 Å². The third-order valence-corrected chi connectivity index (χ3v) is 3.14. The van der Waals surface area contributed by atoms with Gasteiger partial charge in [0.15, 0.2) is 5.76 Å². The van der Waals surface area contributed by atoms with E-state index >= 15 is 0 Å². The van der Waals surface area contributed by atoms with Crippen LogP contribution < -0.4 is 5.43 Å². The van der Waals surface area contributed by atoms with Crippen LogP contribution in [0.5, 0.6) is 0 Å². The van der Waals surface area contributed by atoms with Crippen molar-refractivity contribution in [3.8, 4) is 0 Å². The van der Waals surface area contributed by atoms with Gasteiger partial charge in [-0.05, 0) is 13.1 Å². The molecule has 1 aliphatic rings. The Morgan fingerprint density at radius 1 is 1.40 bits per heavy atom. The molecule has 11 nitrogen and oxygen atoms in total. The number of nitrogens with one attached hydrogen (secondary N) is 1. The minimum absolute atomic E-state index is 0.210. The standard InChI is InChI=1S/C12H17N5O4.C2H4O2/c1-15-4-6-16(7-5-15)9-11(18)14-13-8-10-2-3-12(21-10)17(19)20;1-2(3)4/h2-3,8H,4-7,9H2,1H3,(H,14,18);1H3,(H,3,4)/b13-8-;. The maximum absolute atomic E-state index is 11.7. The maximum atomic E-state index is 11.7. The SMILES string of the molecule is CC(=O)O.CN1CCN(CC(=O)N/N=C\c2ccc([N+](=O)[O-])o2)CC1. The van der Waals surface area contributed by atoms with E-state index in [4.69, 9.17) is 14.3 Å². The fourth-order valence-corrected chi connectivity index (χ4v) is 1.92. The number of hydrazone groups is 1. The number of piperazine rings is 1. The summed E-state index contributed by atoms with van der Waals surface area (Å²) in [5.41, 5.74) is 2.37. The van der Waals surface area contributed by atoms with Crippen LogP contribution in [0.1, 0.15) is 12.7 Å². The lowest BCUT2D eigenvalue weighted by Gasteiger charge is -2.31. The number of aliphatic carboxylic acids is 1. The molecule has 1 saturated heterocycles. The Kier molecular flexibility index (Phi) is 8.23. The van der Waals surface area contributed by atoms with Crippen molar-refractivity contribution in [1.29, 1.82) is 0 Å². The van der Waals surface area contributed by atoms with E-state index in [2.05, 4.69) is 15.4 Å². The number of carbonyl (C=O) groups excluding carboxylic acids is 1. The van der Waals surface area contributed by atoms with Crippen LogP contribution >= 0.6 is 0 Å². The number of hydrogen-bond donors (Lipinski definition) is 2. The van der Waals surface area contributed by atoms with Crippen LogP contribution in [0.25, 0.3) is 0 Å². The molecular weight excluding hydrogens is 334 g/mol. The summed E-state index contributed by atoms with van der Waals surface area (Å²) in [5, 5.41) is 21.6. The highest BCUT2D eigenvalue weighted by atomic mass is 16.6. The molecule has 0 aliphatic carbocycles. The second-order valence-corrected chi connectivity index (χ2v) is 5.32. The van der Waals surface area contributed by atoms with Crippen molar-refractivity contribution >= 4 is 24.0 Å². The van der Waals surface area contributed by atoms with Crippen LogP contribution in [0, 0.1) is 10.1 Å². The first-order chi connectivity index (χ1) is 11.8. The minimum atomic E-state index is -0.833. The predicted octanol–water partition coefficient (Wildman–Crippen LogP) is -0.0238. The summed E-state index contributed by atoms with van der Waals surface area (Å²) in [4.78, 5) is 34.7. The second kappa shape index (κ2) is 10.2. The summed E-state index contributed by atoms with van der Waals surface area (Å²) >= 11 is 0. The number of nitrogens with zero attached hydrogens (tertiary/aromatic N) is 4. The first kappa shape index (κ1) is 20.3. The van der Waals surface area contributed by atoms with E-state index in [1.165, 1.54) is 18.3 Å². The number of likely N-dealkylation sites (N-methyl/N-ethyl adjacent to an activating group) is 1. The van der Waals surface area contributed by atoms with Crippen LogP contribution in [-0.2, 0) is 9.59 Å². The Hall–Kier alpha value is -2.79. The van der Waals surface area contributed by atoms with Crippen LogP contribution in [0.2, 0.25) is 0 Å². The van der Waals surface area contributed by atoms with Crippen LogP contribution in [0.3, 0.4) is 0 Å². The average molecular weight is 355 g/mol. The lowest BCUT2D eigenvalue weighted by molar-refractivity contribution is -0.402. The van der Waals surface area contributed by atoms with Crippen molar-refractivity contribution < 1.29 is 24.0 Å². The van der Waals surface area contributed by atoms with Crippen molar-refractivity contribution in [3.05, 3.63) is 28.0 Å². The Bertz CT molecular complexity index is 617. The lowest BCUT2D eigenvalue weighted by atomic mass is 10.3. The third kappa shape index (κ3) is 8.58. The number of carboxylic acids is 1. The van der Waals surface area contributed by atoms with Gasteiger partial charge in [0, 0.05) is 33.1 Å². The summed E-state index contributed by atoms with van der Waals surface area (Å²) in [7, 11) is 2.05. The highest BCUT2D eigenvalue weighted by Crippen LogP contribution is 2.13. The Balaban J connectivity index is 0.000000705. The van der Waals surface area contributed by atoms with E-state index < -0.39 is 10.9 Å². The first-order valence-corrected chi connectivity index (χ1v) is 7.44. The number of nitro groups is 1. The Labute approximate surface area is 144 Å². The molecule has 138 valence electrons. The first-order valence-electron chi connectivity index (χ1n) is 7.44. The molecule has 1 amide bonds. The van der Waals surface area contributed by atoms with E-state index in [-0.39, 0.29) is 24.1 Å². The molecule has 11 heteroatoms. The van der Waals surface area contributed by atoms with Gasteiger partial charge in [0.1, 0.15) is 4.92 Å². The normalized spacial score (nSPS) is 15.4. The van der Waals surface area contributed by atoms with Gasteiger partial charge in [-0.3, -0.25) is 24.6 Å². The quantitative estimate of drug-likeness (QED) is 0.426. The Morgan fingerprint density at radius 3 is 2.52 bits per heavy atom. The van der Waals surface area contributed by atoms with Crippen molar-refractivity contribution in [2.24, 2.45) is 5.10 Å². The third-order valence-electron chi connectivity index (χ3n) is 3.14. The zero-order chi connectivity index (χ0) is 18.8. The van der Waals surface area contributed by atoms with Gasteiger partial charge in [0.2, 0.25) is 0 Å². The summed E-state index contributed by atoms with van der Waals surface area (Å²) in [5.74, 6) is -1.21. The molecule has 0 saturated carbocycles. The molecular formula is C14H21N5O6. The molecule has 1 aliphatic heterocycles. The summed E-state index contributed by atoms with van der Waals surface area (Å²) < 4.78 is 4.87. The van der Waals surface area contributed by atoms with Gasteiger partial charge in [-0.25, -0.2) is 5.43 Å². The fourth-order valence-electron chi connectivity index (χ4n) is 1.92. The number of hydrogen-bond acceptors (Lipinski definition) is 8. The van der Waals surface area contributed by atoms with Crippen LogP contribution in [0.15, 0.2) is 21.7 Å². The van der Waals surface area contributed by atoms with Crippen molar-refractivity contribution in [2.45, 2.75) is 6.92 Å². The number of furan rings is 1. The number of amides is 1. The smallest absolute Gasteiger partial charge is 0.433 e. The number of carbonyl (C=O) groups is 2. The molecule has 1 fully saturated rings. The minimum Gasteiger partial charge on any atom is -0.481 e. The summed E-state index contributed by atoms with van der Waals surface area (Å²) in [6.45, 7) is 4.93. The zero-order valence-corrected chi connectivity index (χ0v) is 14.0. The molecule has 2 heterocycles. The molecule has 1 aromatic heterocycles. The van der Waals surface area contributed by atoms with Crippen molar-refractivity contribution in [2.75, 3.05) is 39.8 Å². The number of carboxylic acid groups (broad SMARTS) is 1. The molecule has 2 N–H and O–H groups in total. The molecule has 0 bridgehead atoms. The summed E-state index contributed by atoms with van der Waals surface area (Å²) in [6.07, 6.45) is 1.23. The van der Waals surface area contributed by atoms with Gasteiger partial charge < -0.3 is 14.4 Å². The Morgan fingerprint density at radius 2 is 2.00 bits per heavy atom. The topological polar surface area (TPSA) is 142 Å². The van der Waals surface area contributed by atoms with Crippen molar-refractivity contribution in [1.82, 2.24) is 15.2 Å². The lowest BCUT2D eigenvalue weighted by Crippen LogP contribution is -2.47. The summed E-state index contributed by atoms with van der Waals surface area (Å²) in [6, 6.07) is 2.64. The molecule has 25 heavy (non-hydrogen) atoms. The highest BCUT2D eigenvalue weighted by molar-refractivity contribution is 5.81. The highest BCUT2D eigenvalue weighted by Gasteiger charge is 2.16. The number of rotatable bonds is 5. The predicted molar refractivity (Wildman–Crippen MR) is 88.3 cm³/mol. The van der Waals surface area contributed by atoms with E-state index in [0.717, 1.165) is 33.1 Å². The molecule has 0 unspecified atom stereocenters. The van der Waals surface area contributed by atoms with Crippen LogP contribution in [-0.4, -0.2) is 77.7 Å². The van der Waals surface area contributed by atoms with Gasteiger partial charge in [-0.2, -0.15) is 5.10 Å². The van der Waals surface area contributed by atoms with E-state index in [1.807, 2.05) is 11.9 Å².